The molecule has 0 spiro atoms. The highest BCUT2D eigenvalue weighted by molar-refractivity contribution is 14.1. The molecule has 0 saturated carbocycles. The molecule has 0 fully saturated rings. The number of carbonyl (C=O) groups excluding carboxylic acids is 1. The van der Waals surface area contributed by atoms with Crippen molar-refractivity contribution in [3.8, 4) is 0 Å². The largest absolute Gasteiger partial charge is 0.477 e. The molecule has 2 N–H and O–H groups in total. The number of carboxylic acids is 1. The number of carboxylic acid groups (broad SMARTS) is 1. The van der Waals surface area contributed by atoms with Gasteiger partial charge >= 0.3 is 5.97 Å². The van der Waals surface area contributed by atoms with Crippen LogP contribution in [0.1, 0.15) is 44.0 Å². The number of benzene rings is 2. The van der Waals surface area contributed by atoms with Gasteiger partial charge in [-0.15, -0.1) is 0 Å². The molecule has 35 heavy (non-hydrogen) atoms. The fourth-order valence-corrected chi connectivity index (χ4v) is 5.62. The molecule has 1 amide bonds. The molecule has 1 aliphatic heterocycles. The van der Waals surface area contributed by atoms with Crippen LogP contribution < -0.4 is 10.2 Å². The number of nitrogens with zero attached hydrogens (tertiary/aromatic N) is 3. The van der Waals surface area contributed by atoms with Crippen molar-refractivity contribution < 1.29 is 14.7 Å². The van der Waals surface area contributed by atoms with Gasteiger partial charge in [-0.2, -0.15) is 0 Å². The van der Waals surface area contributed by atoms with Gasteiger partial charge in [0.05, 0.1) is 10.2 Å². The molecule has 0 atom stereocenters. The molecule has 2 aromatic heterocycles. The molecule has 5 rings (SSSR count). The van der Waals surface area contributed by atoms with E-state index in [1.54, 1.807) is 0 Å². The fourth-order valence-electron chi connectivity index (χ4n) is 4.38. The zero-order valence-electron chi connectivity index (χ0n) is 18.8. The number of aryl methyl sites for hydroxylation is 1. The van der Waals surface area contributed by atoms with Gasteiger partial charge in [0.1, 0.15) is 5.82 Å². The van der Waals surface area contributed by atoms with E-state index in [1.807, 2.05) is 59.5 Å². The second-order valence-electron chi connectivity index (χ2n) is 8.33. The Labute approximate surface area is 220 Å². The number of nitrogens with one attached hydrogen (secondary N) is 1. The Bertz CT molecular complexity index is 1390. The van der Waals surface area contributed by atoms with Crippen LogP contribution in [0.3, 0.4) is 0 Å². The van der Waals surface area contributed by atoms with E-state index in [9.17, 15) is 14.7 Å². The molecule has 9 heteroatoms. The van der Waals surface area contributed by atoms with Crippen molar-refractivity contribution in [2.45, 2.75) is 25.8 Å². The number of hydrogen-bond donors (Lipinski definition) is 2. The number of thiazole rings is 1. The minimum absolute atomic E-state index is 0.111. The molecule has 0 radical (unpaired) electrons. The zero-order chi connectivity index (χ0) is 24.4. The third-order valence-electron chi connectivity index (χ3n) is 6.10. The number of fused-ring (bicyclic) bond motifs is 2. The number of alkyl halides is 1. The van der Waals surface area contributed by atoms with Gasteiger partial charge in [0.15, 0.2) is 10.8 Å². The average Bonchev–Trinajstić information content (AvgIpc) is 3.28. The minimum atomic E-state index is -1.01. The molecule has 0 bridgehead atoms. The van der Waals surface area contributed by atoms with Crippen molar-refractivity contribution in [1.29, 1.82) is 0 Å². The van der Waals surface area contributed by atoms with Crippen LogP contribution >= 0.6 is 33.9 Å². The Morgan fingerprint density at radius 1 is 1.09 bits per heavy atom. The van der Waals surface area contributed by atoms with E-state index in [2.05, 4.69) is 37.9 Å². The van der Waals surface area contributed by atoms with Crippen LogP contribution in [0.25, 0.3) is 10.2 Å². The van der Waals surface area contributed by atoms with Gasteiger partial charge < -0.3 is 10.0 Å². The predicted octanol–water partition coefficient (Wildman–Crippen LogP) is 5.57. The van der Waals surface area contributed by atoms with Crippen LogP contribution in [-0.2, 0) is 19.4 Å². The van der Waals surface area contributed by atoms with Gasteiger partial charge in [-0.1, -0.05) is 64.3 Å². The van der Waals surface area contributed by atoms with Crippen LogP contribution in [0.15, 0.2) is 54.6 Å². The highest BCUT2D eigenvalue weighted by Crippen LogP contribution is 2.29. The molecule has 1 aliphatic rings. The summed E-state index contributed by atoms with van der Waals surface area (Å²) in [5.41, 5.74) is 4.38. The summed E-state index contributed by atoms with van der Waals surface area (Å²) in [7, 11) is 0. The van der Waals surface area contributed by atoms with Crippen molar-refractivity contribution in [1.82, 2.24) is 9.97 Å². The number of aromatic nitrogens is 2. The molecule has 4 aromatic rings. The van der Waals surface area contributed by atoms with Crippen molar-refractivity contribution in [2.75, 3.05) is 21.2 Å². The molecular formula is C26H23IN4O3S. The Hall–Kier alpha value is -3.05. The Morgan fingerprint density at radius 3 is 2.74 bits per heavy atom. The maximum absolute atomic E-state index is 13.2. The van der Waals surface area contributed by atoms with Gasteiger partial charge in [-0.3, -0.25) is 10.1 Å². The Kier molecular flexibility index (Phi) is 6.96. The summed E-state index contributed by atoms with van der Waals surface area (Å²) >= 11 is 3.74. The number of halogens is 1. The first-order chi connectivity index (χ1) is 17.0. The van der Waals surface area contributed by atoms with Crippen LogP contribution in [0.2, 0.25) is 0 Å². The summed E-state index contributed by atoms with van der Waals surface area (Å²) < 4.78 is 1.98. The first-order valence-corrected chi connectivity index (χ1v) is 13.7. The van der Waals surface area contributed by atoms with E-state index in [1.165, 1.54) is 11.3 Å². The number of pyridine rings is 1. The van der Waals surface area contributed by atoms with Crippen LogP contribution in [-0.4, -0.2) is 37.9 Å². The molecule has 7 nitrogen and oxygen atoms in total. The number of aromatic carboxylic acids is 1. The van der Waals surface area contributed by atoms with Crippen LogP contribution in [0, 0.1) is 0 Å². The number of carbonyl (C=O) groups is 2. The lowest BCUT2D eigenvalue weighted by atomic mass is 9.94. The van der Waals surface area contributed by atoms with Crippen molar-refractivity contribution in [3.05, 3.63) is 82.5 Å². The highest BCUT2D eigenvalue weighted by Gasteiger charge is 2.24. The normalized spacial score (nSPS) is 13.0. The predicted molar refractivity (Wildman–Crippen MR) is 147 cm³/mol. The number of para-hydroxylation sites is 1. The lowest BCUT2D eigenvalue weighted by Crippen LogP contribution is -2.33. The van der Waals surface area contributed by atoms with Gasteiger partial charge in [0, 0.05) is 18.7 Å². The van der Waals surface area contributed by atoms with E-state index in [0.717, 1.165) is 44.2 Å². The second kappa shape index (κ2) is 10.3. The van der Waals surface area contributed by atoms with Crippen molar-refractivity contribution in [2.24, 2.45) is 0 Å². The summed E-state index contributed by atoms with van der Waals surface area (Å²) in [6.45, 7) is 1.19. The molecule has 2 aromatic carbocycles. The summed E-state index contributed by atoms with van der Waals surface area (Å²) in [5.74, 6) is -0.590. The zero-order valence-corrected chi connectivity index (χ0v) is 21.8. The maximum Gasteiger partial charge on any atom is 0.354 e. The first-order valence-electron chi connectivity index (χ1n) is 11.4. The maximum atomic E-state index is 13.2. The second-order valence-corrected chi connectivity index (χ2v) is 10.4. The standard InChI is InChI=1S/C26H23IN4O3S/c27-13-4-6-17-10-11-22(29-23(17)25(33)34)31-14-12-16-5-3-7-18(19(16)15-31)24(32)30-26-28-20-8-1-2-9-21(20)35-26/h1-3,5,7-11H,4,6,12-15H2,(H,33,34)(H,28,30,32). The van der Waals surface area contributed by atoms with Crippen molar-refractivity contribution >= 4 is 67.0 Å². The average molecular weight is 598 g/mol. The van der Waals surface area contributed by atoms with Gasteiger partial charge in [0.2, 0.25) is 0 Å². The number of amides is 1. The van der Waals surface area contributed by atoms with E-state index >= 15 is 0 Å². The number of hydrogen-bond acceptors (Lipinski definition) is 6. The van der Waals surface area contributed by atoms with E-state index in [-0.39, 0.29) is 11.6 Å². The number of anilines is 2. The fraction of sp³-hybridized carbons (Fsp3) is 0.231. The van der Waals surface area contributed by atoms with Crippen LogP contribution in [0.5, 0.6) is 0 Å². The van der Waals surface area contributed by atoms with Crippen LogP contribution in [0.4, 0.5) is 10.9 Å². The van der Waals surface area contributed by atoms with Gasteiger partial charge in [0.25, 0.3) is 5.91 Å². The molecule has 3 heterocycles. The SMILES string of the molecule is O=C(Nc1nc2ccccc2s1)c1cccc2c1CN(c1ccc(CCCI)c(C(=O)O)n1)CC2. The third-order valence-corrected chi connectivity index (χ3v) is 7.82. The minimum Gasteiger partial charge on any atom is -0.477 e. The Morgan fingerprint density at radius 2 is 1.94 bits per heavy atom. The Balaban J connectivity index is 1.40. The number of rotatable bonds is 7. The molecule has 178 valence electrons. The summed E-state index contributed by atoms with van der Waals surface area (Å²) in [5, 5.41) is 13.2. The summed E-state index contributed by atoms with van der Waals surface area (Å²) in [6, 6.07) is 17.3. The van der Waals surface area contributed by atoms with Gasteiger partial charge in [-0.05, 0) is 64.6 Å². The monoisotopic (exact) mass is 598 g/mol. The van der Waals surface area contributed by atoms with E-state index in [4.69, 9.17) is 0 Å². The lowest BCUT2D eigenvalue weighted by molar-refractivity contribution is 0.0689. The summed E-state index contributed by atoms with van der Waals surface area (Å²) in [6.07, 6.45) is 2.35. The van der Waals surface area contributed by atoms with E-state index < -0.39 is 5.97 Å². The molecule has 0 unspecified atom stereocenters. The molecule has 0 aliphatic carbocycles. The molecule has 0 saturated heterocycles. The smallest absolute Gasteiger partial charge is 0.354 e. The molecular weight excluding hydrogens is 575 g/mol. The van der Waals surface area contributed by atoms with Crippen molar-refractivity contribution in [3.63, 3.8) is 0 Å². The quantitative estimate of drug-likeness (QED) is 0.213. The van der Waals surface area contributed by atoms with Gasteiger partial charge in [-0.25, -0.2) is 14.8 Å². The highest BCUT2D eigenvalue weighted by atomic mass is 127. The lowest BCUT2D eigenvalue weighted by Gasteiger charge is -2.31. The summed E-state index contributed by atoms with van der Waals surface area (Å²) in [4.78, 5) is 36.2. The third kappa shape index (κ3) is 5.01. The first kappa shape index (κ1) is 23.7. The topological polar surface area (TPSA) is 95.4 Å². The van der Waals surface area contributed by atoms with E-state index in [0.29, 0.717) is 36.0 Å².